The van der Waals surface area contributed by atoms with Gasteiger partial charge in [0.1, 0.15) is 5.82 Å². The number of carbonyl (C=O) groups excluding carboxylic acids is 1. The summed E-state index contributed by atoms with van der Waals surface area (Å²) in [5.74, 6) is -0.514. The first kappa shape index (κ1) is 13.3. The summed E-state index contributed by atoms with van der Waals surface area (Å²) in [4.78, 5) is 14.2. The van der Waals surface area contributed by atoms with Gasteiger partial charge in [0, 0.05) is 30.9 Å². The van der Waals surface area contributed by atoms with Crippen molar-refractivity contribution in [3.8, 4) is 0 Å². The molecule has 0 fully saturated rings. The van der Waals surface area contributed by atoms with Crippen LogP contribution in [0.1, 0.15) is 21.5 Å². The molecule has 0 radical (unpaired) electrons. The Morgan fingerprint density at radius 2 is 1.58 bits per heavy atom. The van der Waals surface area contributed by atoms with Crippen LogP contribution in [0.3, 0.4) is 0 Å². The van der Waals surface area contributed by atoms with Gasteiger partial charge in [-0.2, -0.15) is 0 Å². The lowest BCUT2D eigenvalue weighted by molar-refractivity contribution is 0.103. The number of carbonyl (C=O) groups is 1. The summed E-state index contributed by atoms with van der Waals surface area (Å²) in [5.41, 5.74) is 2.50. The zero-order chi connectivity index (χ0) is 14.0. The predicted octanol–water partition coefficient (Wildman–Crippen LogP) is 3.43. The highest BCUT2D eigenvalue weighted by molar-refractivity contribution is 6.09. The molecule has 0 aromatic heterocycles. The number of aryl methyl sites for hydroxylation is 1. The maximum Gasteiger partial charge on any atom is 0.193 e. The zero-order valence-corrected chi connectivity index (χ0v) is 11.3. The molecule has 0 bridgehead atoms. The summed E-state index contributed by atoms with van der Waals surface area (Å²) >= 11 is 0. The van der Waals surface area contributed by atoms with Crippen LogP contribution in [0.2, 0.25) is 0 Å². The predicted molar refractivity (Wildman–Crippen MR) is 75.3 cm³/mol. The van der Waals surface area contributed by atoms with Crippen LogP contribution in [-0.4, -0.2) is 19.9 Å². The smallest absolute Gasteiger partial charge is 0.193 e. The van der Waals surface area contributed by atoms with Gasteiger partial charge in [-0.25, -0.2) is 4.39 Å². The van der Waals surface area contributed by atoms with E-state index in [1.807, 2.05) is 31.1 Å². The fourth-order valence-electron chi connectivity index (χ4n) is 1.81. The maximum absolute atomic E-state index is 13.5. The van der Waals surface area contributed by atoms with E-state index in [-0.39, 0.29) is 11.6 Å². The van der Waals surface area contributed by atoms with Gasteiger partial charge >= 0.3 is 0 Å². The third-order valence-electron chi connectivity index (χ3n) is 3.08. The third kappa shape index (κ3) is 2.81. The first-order valence-electron chi connectivity index (χ1n) is 6.07. The molecule has 2 nitrogen and oxygen atoms in total. The van der Waals surface area contributed by atoms with Crippen LogP contribution in [-0.2, 0) is 0 Å². The summed E-state index contributed by atoms with van der Waals surface area (Å²) in [6.07, 6.45) is 0. The Labute approximate surface area is 112 Å². The van der Waals surface area contributed by atoms with Crippen LogP contribution >= 0.6 is 0 Å². The number of ketones is 1. The molecule has 0 unspecified atom stereocenters. The van der Waals surface area contributed by atoms with Gasteiger partial charge in [-0.3, -0.25) is 4.79 Å². The monoisotopic (exact) mass is 257 g/mol. The molecule has 2 aromatic carbocycles. The van der Waals surface area contributed by atoms with Gasteiger partial charge in [-0.15, -0.1) is 0 Å². The first-order valence-corrected chi connectivity index (χ1v) is 6.07. The summed E-state index contributed by atoms with van der Waals surface area (Å²) in [6.45, 7) is 1.68. The molecule has 3 heteroatoms. The Balaban J connectivity index is 2.30. The van der Waals surface area contributed by atoms with Gasteiger partial charge in [0.2, 0.25) is 0 Å². The summed E-state index contributed by atoms with van der Waals surface area (Å²) in [6, 6.07) is 11.8. The Morgan fingerprint density at radius 1 is 1.00 bits per heavy atom. The Kier molecular flexibility index (Phi) is 3.65. The van der Waals surface area contributed by atoms with Crippen molar-refractivity contribution in [1.29, 1.82) is 0 Å². The molecule has 0 aliphatic rings. The normalized spacial score (nSPS) is 10.3. The second kappa shape index (κ2) is 5.22. The van der Waals surface area contributed by atoms with Crippen molar-refractivity contribution in [3.05, 3.63) is 65.0 Å². The topological polar surface area (TPSA) is 20.3 Å². The average Bonchev–Trinajstić information content (AvgIpc) is 2.41. The minimum absolute atomic E-state index is 0.163. The quantitative estimate of drug-likeness (QED) is 0.785. The molecule has 0 heterocycles. The lowest BCUT2D eigenvalue weighted by atomic mass is 10.0. The molecule has 0 aliphatic carbocycles. The van der Waals surface area contributed by atoms with Gasteiger partial charge in [-0.1, -0.05) is 12.1 Å². The van der Waals surface area contributed by atoms with Crippen molar-refractivity contribution in [2.75, 3.05) is 19.0 Å². The largest absolute Gasteiger partial charge is 0.378 e. The maximum atomic E-state index is 13.5. The molecule has 0 amide bonds. The molecule has 0 atom stereocenters. The summed E-state index contributed by atoms with van der Waals surface area (Å²) in [5, 5.41) is 0. The van der Waals surface area contributed by atoms with E-state index in [1.54, 1.807) is 31.2 Å². The van der Waals surface area contributed by atoms with Gasteiger partial charge in [0.25, 0.3) is 0 Å². The van der Waals surface area contributed by atoms with Gasteiger partial charge in [0.15, 0.2) is 5.78 Å². The average molecular weight is 257 g/mol. The van der Waals surface area contributed by atoms with Crippen LogP contribution in [0, 0.1) is 12.7 Å². The second-order valence-electron chi connectivity index (χ2n) is 4.73. The van der Waals surface area contributed by atoms with Gasteiger partial charge < -0.3 is 4.90 Å². The van der Waals surface area contributed by atoms with Gasteiger partial charge in [0.05, 0.1) is 0 Å². The molecule has 2 rings (SSSR count). The Morgan fingerprint density at radius 3 is 2.11 bits per heavy atom. The van der Waals surface area contributed by atoms with Crippen LogP contribution < -0.4 is 4.90 Å². The number of nitrogens with zero attached hydrogens (tertiary/aromatic N) is 1. The SMILES string of the molecule is Cc1ccc(C(=O)c2ccc(N(C)C)cc2)cc1F. The lowest BCUT2D eigenvalue weighted by Crippen LogP contribution is -2.09. The minimum Gasteiger partial charge on any atom is -0.378 e. The molecule has 0 saturated carbocycles. The number of halogens is 1. The van der Waals surface area contributed by atoms with Crippen molar-refractivity contribution < 1.29 is 9.18 Å². The number of benzene rings is 2. The minimum atomic E-state index is -0.351. The highest BCUT2D eigenvalue weighted by Crippen LogP contribution is 2.17. The molecule has 0 saturated heterocycles. The molecule has 19 heavy (non-hydrogen) atoms. The summed E-state index contributed by atoms with van der Waals surface area (Å²) < 4.78 is 13.5. The second-order valence-corrected chi connectivity index (χ2v) is 4.73. The fourth-order valence-corrected chi connectivity index (χ4v) is 1.81. The van der Waals surface area contributed by atoms with Crippen molar-refractivity contribution in [2.24, 2.45) is 0 Å². The van der Waals surface area contributed by atoms with E-state index in [9.17, 15) is 9.18 Å². The van der Waals surface area contributed by atoms with Crippen molar-refractivity contribution >= 4 is 11.5 Å². The molecular weight excluding hydrogens is 241 g/mol. The van der Waals surface area contributed by atoms with Gasteiger partial charge in [-0.05, 0) is 42.8 Å². The molecule has 0 N–H and O–H groups in total. The van der Waals surface area contributed by atoms with E-state index >= 15 is 0 Å². The fraction of sp³-hybridized carbons (Fsp3) is 0.188. The van der Waals surface area contributed by atoms with E-state index in [4.69, 9.17) is 0 Å². The molecule has 2 aromatic rings. The highest BCUT2D eigenvalue weighted by Gasteiger charge is 2.11. The lowest BCUT2D eigenvalue weighted by Gasteiger charge is -2.12. The van der Waals surface area contributed by atoms with E-state index in [0.29, 0.717) is 16.7 Å². The van der Waals surface area contributed by atoms with Crippen LogP contribution in [0.15, 0.2) is 42.5 Å². The number of hydrogen-bond acceptors (Lipinski definition) is 2. The third-order valence-corrected chi connectivity index (χ3v) is 3.08. The van der Waals surface area contributed by atoms with E-state index in [0.717, 1.165) is 5.69 Å². The molecule has 0 aliphatic heterocycles. The van der Waals surface area contributed by atoms with Crippen LogP contribution in [0.5, 0.6) is 0 Å². The number of anilines is 1. The Hall–Kier alpha value is -2.16. The van der Waals surface area contributed by atoms with E-state index < -0.39 is 0 Å². The van der Waals surface area contributed by atoms with Crippen LogP contribution in [0.4, 0.5) is 10.1 Å². The molecule has 98 valence electrons. The van der Waals surface area contributed by atoms with Crippen molar-refractivity contribution in [2.45, 2.75) is 6.92 Å². The van der Waals surface area contributed by atoms with E-state index in [2.05, 4.69) is 0 Å². The Bertz CT molecular complexity index is 603. The number of rotatable bonds is 3. The van der Waals surface area contributed by atoms with Crippen LogP contribution in [0.25, 0.3) is 0 Å². The molecule has 0 spiro atoms. The van der Waals surface area contributed by atoms with Crippen molar-refractivity contribution in [1.82, 2.24) is 0 Å². The summed E-state index contributed by atoms with van der Waals surface area (Å²) in [7, 11) is 3.87. The molecular formula is C16H16FNO. The standard InChI is InChI=1S/C16H16FNO/c1-11-4-5-13(10-15(11)17)16(19)12-6-8-14(9-7-12)18(2)3/h4-10H,1-3H3. The zero-order valence-electron chi connectivity index (χ0n) is 11.3. The number of hydrogen-bond donors (Lipinski definition) is 0. The van der Waals surface area contributed by atoms with Crippen molar-refractivity contribution in [3.63, 3.8) is 0 Å². The van der Waals surface area contributed by atoms with E-state index in [1.165, 1.54) is 6.07 Å². The first-order chi connectivity index (χ1) is 8.99. The highest BCUT2D eigenvalue weighted by atomic mass is 19.1.